The fourth-order valence-electron chi connectivity index (χ4n) is 5.56. The van der Waals surface area contributed by atoms with Crippen molar-refractivity contribution in [3.63, 3.8) is 0 Å². The van der Waals surface area contributed by atoms with Crippen molar-refractivity contribution < 1.29 is 0 Å². The van der Waals surface area contributed by atoms with E-state index >= 15 is 0 Å². The van der Waals surface area contributed by atoms with Crippen LogP contribution in [0, 0.1) is 6.92 Å². The number of halogens is 1. The number of nitrogens with zero attached hydrogens (tertiary/aromatic N) is 7. The molecule has 2 unspecified atom stereocenters. The van der Waals surface area contributed by atoms with E-state index in [1.54, 1.807) is 17.1 Å². The third kappa shape index (κ3) is 4.04. The van der Waals surface area contributed by atoms with Gasteiger partial charge in [0.15, 0.2) is 0 Å². The van der Waals surface area contributed by atoms with E-state index < -0.39 is 0 Å². The molecule has 2 atom stereocenters. The maximum absolute atomic E-state index is 13.8. The van der Waals surface area contributed by atoms with Gasteiger partial charge in [0.1, 0.15) is 22.8 Å². The topological polar surface area (TPSA) is 107 Å². The minimum atomic E-state index is -0.167. The zero-order chi connectivity index (χ0) is 26.6. The molecule has 0 amide bonds. The van der Waals surface area contributed by atoms with Gasteiger partial charge >= 0.3 is 0 Å². The predicted molar refractivity (Wildman–Crippen MR) is 150 cm³/mol. The van der Waals surface area contributed by atoms with Gasteiger partial charge < -0.3 is 10.6 Å². The summed E-state index contributed by atoms with van der Waals surface area (Å²) in [6, 6.07) is 7.82. The summed E-state index contributed by atoms with van der Waals surface area (Å²) in [4.78, 5) is 22.7. The average Bonchev–Trinajstić information content (AvgIpc) is 3.66. The van der Waals surface area contributed by atoms with E-state index in [9.17, 15) is 4.79 Å². The van der Waals surface area contributed by atoms with Crippen LogP contribution in [-0.2, 0) is 13.6 Å². The largest absolute Gasteiger partial charge is 0.377 e. The van der Waals surface area contributed by atoms with Crippen molar-refractivity contribution in [1.82, 2.24) is 39.4 Å². The fourth-order valence-corrected chi connectivity index (χ4v) is 5.71. The monoisotopic (exact) mass is 531 g/mol. The lowest BCUT2D eigenvalue weighted by molar-refractivity contribution is 0.494. The molecule has 1 aliphatic heterocycles. The quantitative estimate of drug-likeness (QED) is 0.316. The van der Waals surface area contributed by atoms with Crippen LogP contribution in [0.3, 0.4) is 0 Å². The van der Waals surface area contributed by atoms with Crippen LogP contribution in [0.15, 0.2) is 41.6 Å². The van der Waals surface area contributed by atoms with Gasteiger partial charge in [0.2, 0.25) is 5.82 Å². The molecule has 6 rings (SSSR count). The molecule has 0 spiro atoms. The van der Waals surface area contributed by atoms with Crippen LogP contribution in [0.5, 0.6) is 0 Å². The number of anilines is 1. The molecule has 196 valence electrons. The fraction of sp³-hybridized carbons (Fsp3) is 0.370. The SMILES string of the molecule is CCn1c(=O)c2cc(C)cc(C(C)Nc3ccc(Cl)nc3-c3ncn(C)n3)c2c2cnn(C3CCNC3)c21. The summed E-state index contributed by atoms with van der Waals surface area (Å²) in [7, 11) is 1.81. The van der Waals surface area contributed by atoms with Crippen molar-refractivity contribution in [2.45, 2.75) is 45.8 Å². The van der Waals surface area contributed by atoms with Gasteiger partial charge in [0, 0.05) is 42.3 Å². The van der Waals surface area contributed by atoms with Crippen molar-refractivity contribution in [2.75, 3.05) is 18.4 Å². The summed E-state index contributed by atoms with van der Waals surface area (Å²) in [5, 5.41) is 19.2. The predicted octanol–water partition coefficient (Wildman–Crippen LogP) is 4.23. The van der Waals surface area contributed by atoms with Crippen molar-refractivity contribution >= 4 is 39.1 Å². The summed E-state index contributed by atoms with van der Waals surface area (Å²) < 4.78 is 5.53. The second-order valence-corrected chi connectivity index (χ2v) is 10.3. The lowest BCUT2D eigenvalue weighted by atomic mass is 9.95. The number of aromatic nitrogens is 7. The van der Waals surface area contributed by atoms with E-state index in [-0.39, 0.29) is 17.6 Å². The molecule has 1 fully saturated rings. The highest BCUT2D eigenvalue weighted by Crippen LogP contribution is 2.35. The molecule has 38 heavy (non-hydrogen) atoms. The van der Waals surface area contributed by atoms with Gasteiger partial charge in [0.05, 0.1) is 17.9 Å². The number of nitrogens with one attached hydrogen (secondary N) is 2. The van der Waals surface area contributed by atoms with Gasteiger partial charge in [0.25, 0.3) is 5.56 Å². The van der Waals surface area contributed by atoms with Gasteiger partial charge in [-0.05, 0) is 63.1 Å². The molecule has 0 radical (unpaired) electrons. The summed E-state index contributed by atoms with van der Waals surface area (Å²) in [6.45, 7) is 8.49. The number of pyridine rings is 2. The average molecular weight is 532 g/mol. The first kappa shape index (κ1) is 24.6. The first-order chi connectivity index (χ1) is 18.4. The Hall–Kier alpha value is -3.76. The smallest absolute Gasteiger partial charge is 0.260 e. The number of rotatable bonds is 6. The van der Waals surface area contributed by atoms with Crippen LogP contribution in [0.25, 0.3) is 33.3 Å². The summed E-state index contributed by atoms with van der Waals surface area (Å²) in [5.41, 5.74) is 4.25. The molecule has 10 nitrogen and oxygen atoms in total. The van der Waals surface area contributed by atoms with E-state index in [2.05, 4.69) is 38.7 Å². The standard InChI is InChI=1S/C27H30ClN9O/c1-5-36-26-20(13-31-37(26)17-8-9-29-12-17)23-18(10-15(2)11-19(23)27(36)38)16(3)32-21-6-7-22(28)33-24(21)25-30-14-35(4)34-25/h6-7,10-11,13-14,16-17,29,32H,5,8-9,12H2,1-4H3. The number of fused-ring (bicyclic) bond motifs is 3. The molecule has 1 aliphatic rings. The van der Waals surface area contributed by atoms with Crippen LogP contribution >= 0.6 is 11.6 Å². The zero-order valence-corrected chi connectivity index (χ0v) is 22.6. The molecule has 5 aromatic rings. The third-order valence-corrected chi connectivity index (χ3v) is 7.50. The number of hydrogen-bond donors (Lipinski definition) is 2. The van der Waals surface area contributed by atoms with E-state index in [0.717, 1.165) is 52.7 Å². The number of benzene rings is 1. The third-order valence-electron chi connectivity index (χ3n) is 7.29. The van der Waals surface area contributed by atoms with Crippen LogP contribution in [0.4, 0.5) is 5.69 Å². The minimum absolute atomic E-state index is 0.00592. The number of hydrogen-bond acceptors (Lipinski definition) is 7. The zero-order valence-electron chi connectivity index (χ0n) is 21.9. The van der Waals surface area contributed by atoms with Gasteiger partial charge in [-0.25, -0.2) is 14.6 Å². The maximum atomic E-state index is 13.8. The van der Waals surface area contributed by atoms with E-state index in [1.807, 2.05) is 48.5 Å². The first-order valence-electron chi connectivity index (χ1n) is 12.9. The van der Waals surface area contributed by atoms with Crippen molar-refractivity contribution in [2.24, 2.45) is 7.05 Å². The van der Waals surface area contributed by atoms with Crippen molar-refractivity contribution in [3.8, 4) is 11.5 Å². The highest BCUT2D eigenvalue weighted by atomic mass is 35.5. The first-order valence-corrected chi connectivity index (χ1v) is 13.3. The van der Waals surface area contributed by atoms with Crippen LogP contribution in [-0.4, -0.2) is 47.2 Å². The maximum Gasteiger partial charge on any atom is 0.260 e. The van der Waals surface area contributed by atoms with E-state index in [1.165, 1.54) is 0 Å². The Labute approximate surface area is 224 Å². The van der Waals surface area contributed by atoms with Crippen LogP contribution in [0.2, 0.25) is 5.15 Å². The Morgan fingerprint density at radius 2 is 2.11 bits per heavy atom. The lowest BCUT2D eigenvalue weighted by Gasteiger charge is -2.21. The molecule has 2 N–H and O–H groups in total. The lowest BCUT2D eigenvalue weighted by Crippen LogP contribution is -2.24. The Morgan fingerprint density at radius 1 is 1.26 bits per heavy atom. The highest BCUT2D eigenvalue weighted by molar-refractivity contribution is 6.29. The Morgan fingerprint density at radius 3 is 2.82 bits per heavy atom. The molecule has 1 aromatic carbocycles. The van der Waals surface area contributed by atoms with E-state index in [0.29, 0.717) is 28.6 Å². The van der Waals surface area contributed by atoms with Crippen LogP contribution in [0.1, 0.15) is 43.5 Å². The molecule has 0 saturated carbocycles. The summed E-state index contributed by atoms with van der Waals surface area (Å²) >= 11 is 6.24. The van der Waals surface area contributed by atoms with Gasteiger partial charge in [-0.1, -0.05) is 17.7 Å². The molecule has 5 heterocycles. The Kier molecular flexibility index (Phi) is 6.16. The molecule has 0 aliphatic carbocycles. The van der Waals surface area contributed by atoms with E-state index in [4.69, 9.17) is 16.7 Å². The highest BCUT2D eigenvalue weighted by Gasteiger charge is 2.25. The van der Waals surface area contributed by atoms with Gasteiger partial charge in [-0.2, -0.15) is 5.10 Å². The molecule has 1 saturated heterocycles. The van der Waals surface area contributed by atoms with Gasteiger partial charge in [-0.3, -0.25) is 14.0 Å². The van der Waals surface area contributed by atoms with Crippen molar-refractivity contribution in [3.05, 3.63) is 63.4 Å². The summed E-state index contributed by atoms with van der Waals surface area (Å²) in [6.07, 6.45) is 4.53. The molecule has 0 bridgehead atoms. The normalized spacial score (nSPS) is 16.5. The molecular weight excluding hydrogens is 502 g/mol. The minimum Gasteiger partial charge on any atom is -0.377 e. The van der Waals surface area contributed by atoms with Crippen molar-refractivity contribution in [1.29, 1.82) is 0 Å². The summed E-state index contributed by atoms with van der Waals surface area (Å²) in [5.74, 6) is 0.485. The second-order valence-electron chi connectivity index (χ2n) is 9.94. The molecule has 4 aromatic heterocycles. The number of aryl methyl sites for hydroxylation is 3. The van der Waals surface area contributed by atoms with Gasteiger partial charge in [-0.15, -0.1) is 5.10 Å². The molecular formula is C27H30ClN9O. The van der Waals surface area contributed by atoms with Crippen LogP contribution < -0.4 is 16.2 Å². The Balaban J connectivity index is 1.53. The molecule has 11 heteroatoms. The Bertz CT molecular complexity index is 1730. The second kappa shape index (κ2) is 9.52.